The van der Waals surface area contributed by atoms with Crippen LogP contribution >= 0.6 is 11.3 Å². The Bertz CT molecular complexity index is 968. The lowest BCUT2D eigenvalue weighted by Gasteiger charge is -2.30. The fraction of sp³-hybridized carbons (Fsp3) is 0.100. The monoisotopic (exact) mass is 377 g/mol. The van der Waals surface area contributed by atoms with E-state index in [4.69, 9.17) is 11.1 Å². The van der Waals surface area contributed by atoms with E-state index in [0.29, 0.717) is 18.2 Å². The summed E-state index contributed by atoms with van der Waals surface area (Å²) in [5.41, 5.74) is 9.25. The van der Waals surface area contributed by atoms with Crippen molar-refractivity contribution in [3.05, 3.63) is 77.2 Å². The second-order valence-corrected chi connectivity index (χ2v) is 7.12. The van der Waals surface area contributed by atoms with E-state index < -0.39 is 6.04 Å². The Morgan fingerprint density at radius 1 is 1.15 bits per heavy atom. The molecule has 2 heterocycles. The first-order chi connectivity index (χ1) is 13.1. The second kappa shape index (κ2) is 7.22. The number of carbonyl (C=O) groups is 1. The van der Waals surface area contributed by atoms with Gasteiger partial charge in [0.1, 0.15) is 16.9 Å². The molecule has 3 aromatic rings. The molecule has 7 heteroatoms. The van der Waals surface area contributed by atoms with Gasteiger partial charge in [-0.15, -0.1) is 11.3 Å². The van der Waals surface area contributed by atoms with Crippen molar-refractivity contribution in [1.82, 2.24) is 0 Å². The van der Waals surface area contributed by atoms with Gasteiger partial charge in [-0.05, 0) is 41.3 Å². The number of benzene rings is 2. The summed E-state index contributed by atoms with van der Waals surface area (Å²) in [6.07, 6.45) is 0. The standard InChI is InChI=1S/C20H19N5OS/c21-17(13-4-2-1-3-5-13)19(26)24-14-6-8-15(9-7-14)25-12-23-20-16(18(25)22)10-11-27-20/h1-11,17,22-23H,12,21H2,(H,24,26)/t17-/m0/s1. The molecule has 1 aliphatic heterocycles. The molecule has 0 radical (unpaired) electrons. The number of fused-ring (bicyclic) bond motifs is 1. The molecule has 1 atom stereocenters. The molecule has 4 rings (SSSR count). The largest absolute Gasteiger partial charge is 0.359 e. The van der Waals surface area contributed by atoms with Gasteiger partial charge in [0.15, 0.2) is 0 Å². The topological polar surface area (TPSA) is 94.2 Å². The molecule has 1 aromatic heterocycles. The molecule has 0 fully saturated rings. The summed E-state index contributed by atoms with van der Waals surface area (Å²) in [5.74, 6) is 0.206. The molecule has 0 saturated carbocycles. The maximum Gasteiger partial charge on any atom is 0.245 e. The average Bonchev–Trinajstić information content (AvgIpc) is 3.19. The normalized spacial score (nSPS) is 14.3. The maximum absolute atomic E-state index is 12.4. The average molecular weight is 377 g/mol. The van der Waals surface area contributed by atoms with Gasteiger partial charge in [-0.25, -0.2) is 0 Å². The summed E-state index contributed by atoms with van der Waals surface area (Å²) >= 11 is 1.60. The lowest BCUT2D eigenvalue weighted by molar-refractivity contribution is -0.117. The van der Waals surface area contributed by atoms with Crippen LogP contribution < -0.4 is 21.3 Å². The Labute approximate surface area is 161 Å². The minimum absolute atomic E-state index is 0.260. The molecule has 1 aliphatic rings. The van der Waals surface area contributed by atoms with Crippen molar-refractivity contribution in [2.75, 3.05) is 22.2 Å². The third-order valence-electron chi connectivity index (χ3n) is 4.48. The van der Waals surface area contributed by atoms with Crippen LogP contribution in [0.25, 0.3) is 0 Å². The van der Waals surface area contributed by atoms with Crippen LogP contribution in [0.1, 0.15) is 17.2 Å². The van der Waals surface area contributed by atoms with E-state index in [1.165, 1.54) is 0 Å². The Kier molecular flexibility index (Phi) is 4.62. The van der Waals surface area contributed by atoms with Gasteiger partial charge in [0.25, 0.3) is 0 Å². The molecule has 0 aliphatic carbocycles. The molecular formula is C20H19N5OS. The molecule has 5 N–H and O–H groups in total. The Balaban J connectivity index is 1.45. The first kappa shape index (κ1) is 17.3. The van der Waals surface area contributed by atoms with E-state index in [1.807, 2.05) is 70.9 Å². The van der Waals surface area contributed by atoms with Crippen LogP contribution in [0.2, 0.25) is 0 Å². The van der Waals surface area contributed by atoms with Crippen molar-refractivity contribution in [1.29, 1.82) is 5.41 Å². The summed E-state index contributed by atoms with van der Waals surface area (Å²) in [7, 11) is 0. The number of hydrogen-bond donors (Lipinski definition) is 4. The van der Waals surface area contributed by atoms with Gasteiger partial charge >= 0.3 is 0 Å². The number of nitrogens with zero attached hydrogens (tertiary/aromatic N) is 1. The minimum Gasteiger partial charge on any atom is -0.359 e. The minimum atomic E-state index is -0.720. The van der Waals surface area contributed by atoms with Gasteiger partial charge in [-0.3, -0.25) is 10.2 Å². The van der Waals surface area contributed by atoms with E-state index >= 15 is 0 Å². The van der Waals surface area contributed by atoms with Gasteiger partial charge in [-0.2, -0.15) is 0 Å². The fourth-order valence-electron chi connectivity index (χ4n) is 2.98. The molecule has 136 valence electrons. The van der Waals surface area contributed by atoms with Gasteiger partial charge in [-0.1, -0.05) is 30.3 Å². The Morgan fingerprint density at radius 3 is 2.63 bits per heavy atom. The third-order valence-corrected chi connectivity index (χ3v) is 5.35. The molecule has 0 spiro atoms. The summed E-state index contributed by atoms with van der Waals surface area (Å²) < 4.78 is 0. The molecule has 2 aromatic carbocycles. The quantitative estimate of drug-likeness (QED) is 0.559. The number of nitrogens with one attached hydrogen (secondary N) is 3. The van der Waals surface area contributed by atoms with E-state index in [2.05, 4.69) is 10.6 Å². The highest BCUT2D eigenvalue weighted by atomic mass is 32.1. The number of amides is 1. The summed E-state index contributed by atoms with van der Waals surface area (Å²) in [4.78, 5) is 14.3. The lowest BCUT2D eigenvalue weighted by atomic mass is 10.1. The van der Waals surface area contributed by atoms with Crippen molar-refractivity contribution < 1.29 is 4.79 Å². The Hall–Kier alpha value is -3.16. The van der Waals surface area contributed by atoms with Crippen LogP contribution in [0, 0.1) is 5.41 Å². The summed E-state index contributed by atoms with van der Waals surface area (Å²) in [6, 6.07) is 17.9. The number of hydrogen-bond acceptors (Lipinski definition) is 5. The van der Waals surface area contributed by atoms with E-state index in [-0.39, 0.29) is 5.91 Å². The van der Waals surface area contributed by atoms with Crippen molar-refractivity contribution in [3.8, 4) is 0 Å². The van der Waals surface area contributed by atoms with Crippen molar-refractivity contribution in [2.24, 2.45) is 5.73 Å². The summed E-state index contributed by atoms with van der Waals surface area (Å²) in [6.45, 7) is 0.539. The number of carbonyl (C=O) groups excluding carboxylic acids is 1. The second-order valence-electron chi connectivity index (χ2n) is 6.20. The zero-order valence-corrected chi connectivity index (χ0v) is 15.3. The van der Waals surface area contributed by atoms with E-state index in [9.17, 15) is 4.79 Å². The predicted octanol–water partition coefficient (Wildman–Crippen LogP) is 3.60. The fourth-order valence-corrected chi connectivity index (χ4v) is 3.76. The SMILES string of the molecule is N=C1c2ccsc2NCN1c1ccc(NC(=O)[C@@H](N)c2ccccc2)cc1. The van der Waals surface area contributed by atoms with Crippen molar-refractivity contribution in [3.63, 3.8) is 0 Å². The van der Waals surface area contributed by atoms with E-state index in [1.54, 1.807) is 11.3 Å². The zero-order chi connectivity index (χ0) is 18.8. The van der Waals surface area contributed by atoms with Crippen LogP contribution in [-0.2, 0) is 4.79 Å². The van der Waals surface area contributed by atoms with Gasteiger partial charge in [0.05, 0.1) is 12.2 Å². The van der Waals surface area contributed by atoms with Crippen LogP contribution in [0.4, 0.5) is 16.4 Å². The Morgan fingerprint density at radius 2 is 1.89 bits per heavy atom. The number of anilines is 3. The van der Waals surface area contributed by atoms with E-state index in [0.717, 1.165) is 21.8 Å². The zero-order valence-electron chi connectivity index (χ0n) is 14.5. The molecule has 0 unspecified atom stereocenters. The van der Waals surface area contributed by atoms with Crippen molar-refractivity contribution in [2.45, 2.75) is 6.04 Å². The lowest BCUT2D eigenvalue weighted by Crippen LogP contribution is -2.39. The molecule has 0 saturated heterocycles. The molecular weight excluding hydrogens is 358 g/mol. The smallest absolute Gasteiger partial charge is 0.245 e. The van der Waals surface area contributed by atoms with Crippen LogP contribution in [-0.4, -0.2) is 18.4 Å². The molecule has 0 bridgehead atoms. The molecule has 1 amide bonds. The highest BCUT2D eigenvalue weighted by Crippen LogP contribution is 2.31. The highest BCUT2D eigenvalue weighted by molar-refractivity contribution is 7.14. The summed E-state index contributed by atoms with van der Waals surface area (Å²) in [5, 5.41) is 17.6. The maximum atomic E-state index is 12.4. The number of nitrogens with two attached hydrogens (primary N) is 1. The third kappa shape index (κ3) is 3.42. The number of amidine groups is 1. The van der Waals surface area contributed by atoms with Gasteiger partial charge < -0.3 is 21.3 Å². The molecule has 27 heavy (non-hydrogen) atoms. The van der Waals surface area contributed by atoms with Gasteiger partial charge in [0.2, 0.25) is 5.91 Å². The van der Waals surface area contributed by atoms with Crippen LogP contribution in [0.5, 0.6) is 0 Å². The van der Waals surface area contributed by atoms with Gasteiger partial charge in [0, 0.05) is 11.4 Å². The number of thiophene rings is 1. The first-order valence-corrected chi connectivity index (χ1v) is 9.41. The van der Waals surface area contributed by atoms with Crippen molar-refractivity contribution >= 4 is 39.5 Å². The highest BCUT2D eigenvalue weighted by Gasteiger charge is 2.23. The molecule has 6 nitrogen and oxygen atoms in total. The van der Waals surface area contributed by atoms with Crippen LogP contribution in [0.3, 0.4) is 0 Å². The predicted molar refractivity (Wildman–Crippen MR) is 111 cm³/mol. The number of rotatable bonds is 4. The first-order valence-electron chi connectivity index (χ1n) is 8.53. The van der Waals surface area contributed by atoms with Crippen LogP contribution in [0.15, 0.2) is 66.0 Å².